The fraction of sp³-hybridized carbons (Fsp3) is 0.805. The van der Waals surface area contributed by atoms with Crippen molar-refractivity contribution in [1.82, 2.24) is 5.32 Å². The number of carbonyl (C=O) groups excluding carboxylic acids is 1. The standard InChI is InChI=1S/C41H62N2O11/c1-25(6-5-9-26-7-3-2-4-8-26)29(18-27-16-17-42-20-27)21-43-23-40(50)39(54-36(38(48)49)37(47)41(40,51)24-44)53-31-14-15-32-34(19-31)52-22-33(35(32)46)28-10-12-30(45)13-11-28/h5,9,16-17,20,24-26,28-37,39,43,45-47,50-51H,2-4,6-8,10-15,18-19,21-23H2,1H3/p+1. The van der Waals surface area contributed by atoms with E-state index in [1.54, 1.807) is 6.54 Å². The molecule has 3 heterocycles. The molecule has 3 aliphatic carbocycles. The summed E-state index contributed by atoms with van der Waals surface area (Å²) in [6.45, 7) is 4.21. The summed E-state index contributed by atoms with van der Waals surface area (Å²) in [6, 6.07) is 0. The lowest BCUT2D eigenvalue weighted by Crippen LogP contribution is -2.79. The number of aldehydes is 1. The van der Waals surface area contributed by atoms with Gasteiger partial charge in [-0.3, -0.25) is 4.79 Å². The second-order valence-electron chi connectivity index (χ2n) is 17.2. The number of aliphatic carboxylic acids is 1. The lowest BCUT2D eigenvalue weighted by molar-refractivity contribution is -0.363. The Labute approximate surface area is 319 Å². The minimum atomic E-state index is -2.94. The fourth-order valence-corrected chi connectivity index (χ4v) is 9.99. The van der Waals surface area contributed by atoms with E-state index in [1.165, 1.54) is 32.1 Å². The molecule has 0 amide bonds. The fourth-order valence-electron chi connectivity index (χ4n) is 9.99. The highest BCUT2D eigenvalue weighted by Gasteiger charge is 2.67. The topological polar surface area (TPSA) is 208 Å². The number of carbonyl (C=O) groups is 2. The average molecular weight is 760 g/mol. The maximum atomic E-state index is 12.6. The van der Waals surface area contributed by atoms with Gasteiger partial charge in [0.25, 0.3) is 0 Å². The van der Waals surface area contributed by atoms with E-state index in [9.17, 15) is 40.2 Å². The number of aliphatic imine (C=N–C) groups is 1. The summed E-state index contributed by atoms with van der Waals surface area (Å²) in [7, 11) is 0. The third-order valence-corrected chi connectivity index (χ3v) is 13.6. The minimum Gasteiger partial charge on any atom is -0.479 e. The van der Waals surface area contributed by atoms with Crippen molar-refractivity contribution in [2.24, 2.45) is 40.5 Å². The highest BCUT2D eigenvalue weighted by atomic mass is 16.7. The molecular weight excluding hydrogens is 696 g/mol. The molecule has 12 atom stereocenters. The van der Waals surface area contributed by atoms with Crippen LogP contribution in [-0.4, -0.2) is 123 Å². The molecule has 0 aromatic heterocycles. The molecule has 54 heavy (non-hydrogen) atoms. The highest BCUT2D eigenvalue weighted by molar-refractivity contribution is 5.82. The van der Waals surface area contributed by atoms with Crippen LogP contribution in [0.25, 0.3) is 0 Å². The molecule has 3 saturated carbocycles. The summed E-state index contributed by atoms with van der Waals surface area (Å²) in [4.78, 5) is 29.0. The van der Waals surface area contributed by atoms with Crippen LogP contribution in [0.4, 0.5) is 0 Å². The smallest absolute Gasteiger partial charge is 0.335 e. The van der Waals surface area contributed by atoms with E-state index in [0.29, 0.717) is 44.8 Å². The number of rotatable bonds is 15. The molecule has 0 aromatic carbocycles. The Balaban J connectivity index is 1.13. The van der Waals surface area contributed by atoms with Crippen molar-refractivity contribution in [3.05, 3.63) is 30.3 Å². The summed E-state index contributed by atoms with van der Waals surface area (Å²) in [6.07, 6.45) is 12.7. The van der Waals surface area contributed by atoms with E-state index < -0.39 is 54.4 Å². The molecule has 0 spiro atoms. The van der Waals surface area contributed by atoms with Crippen molar-refractivity contribution in [3.63, 3.8) is 0 Å². The molecule has 12 unspecified atom stereocenters. The molecular formula is C41H63N2O11+. The van der Waals surface area contributed by atoms with Crippen LogP contribution in [-0.2, 0) is 23.8 Å². The van der Waals surface area contributed by atoms with Crippen LogP contribution < -0.4 is 5.32 Å². The SMILES string of the molecule is CC(CC=CC1CCCCC1)C(CNCC1(O)C(OC2CCC3C(C2)OCC(C2CCC(O)CC2)C3O)OC(C(=O)O)C(O)C1(O)C=O)CC1=C[CH+]N=C1. The molecule has 13 nitrogen and oxygen atoms in total. The number of aliphatic hydroxyl groups is 5. The molecule has 13 heteroatoms. The first-order chi connectivity index (χ1) is 25.9. The Morgan fingerprint density at radius 2 is 1.83 bits per heavy atom. The lowest BCUT2D eigenvalue weighted by atomic mass is 9.69. The van der Waals surface area contributed by atoms with Crippen LogP contribution in [0.3, 0.4) is 0 Å². The third kappa shape index (κ3) is 9.16. The number of nitrogens with one attached hydrogen (secondary N) is 1. The van der Waals surface area contributed by atoms with Crippen LogP contribution >= 0.6 is 0 Å². The summed E-state index contributed by atoms with van der Waals surface area (Å²) in [5, 5.41) is 69.5. The van der Waals surface area contributed by atoms with Crippen molar-refractivity contribution in [2.45, 2.75) is 151 Å². The van der Waals surface area contributed by atoms with E-state index in [4.69, 9.17) is 14.2 Å². The molecule has 6 rings (SSSR count). The summed E-state index contributed by atoms with van der Waals surface area (Å²) >= 11 is 0. The van der Waals surface area contributed by atoms with E-state index >= 15 is 0 Å². The third-order valence-electron chi connectivity index (χ3n) is 13.6. The first-order valence-electron chi connectivity index (χ1n) is 20.5. The van der Waals surface area contributed by atoms with Crippen molar-refractivity contribution in [3.8, 4) is 0 Å². The molecule has 0 radical (unpaired) electrons. The number of aliphatic hydroxyl groups excluding tert-OH is 3. The molecule has 5 fully saturated rings. The van der Waals surface area contributed by atoms with Crippen molar-refractivity contribution in [1.29, 1.82) is 0 Å². The van der Waals surface area contributed by atoms with Crippen molar-refractivity contribution < 1.29 is 54.4 Å². The summed E-state index contributed by atoms with van der Waals surface area (Å²) < 4.78 is 18.3. The molecule has 3 aliphatic heterocycles. The van der Waals surface area contributed by atoms with Crippen molar-refractivity contribution in [2.75, 3.05) is 19.7 Å². The van der Waals surface area contributed by atoms with Crippen LogP contribution in [0, 0.1) is 42.1 Å². The number of carboxylic acids is 1. The molecule has 7 N–H and O–H groups in total. The van der Waals surface area contributed by atoms with Gasteiger partial charge >= 0.3 is 5.97 Å². The van der Waals surface area contributed by atoms with E-state index in [-0.39, 0.29) is 48.1 Å². The first-order valence-corrected chi connectivity index (χ1v) is 20.5. The van der Waals surface area contributed by atoms with Gasteiger partial charge in [-0.15, -0.1) is 4.99 Å². The minimum absolute atomic E-state index is 0.0120. The molecule has 6 aliphatic rings. The van der Waals surface area contributed by atoms with Crippen LogP contribution in [0.2, 0.25) is 0 Å². The number of carboxylic acid groups (broad SMARTS) is 1. The van der Waals surface area contributed by atoms with Gasteiger partial charge in [0.2, 0.25) is 0 Å². The number of allylic oxidation sites excluding steroid dienone is 3. The molecule has 0 bridgehead atoms. The normalized spacial score (nSPS) is 41.5. The highest BCUT2D eigenvalue weighted by Crippen LogP contribution is 2.45. The molecule has 0 aromatic rings. The predicted octanol–water partition coefficient (Wildman–Crippen LogP) is 2.86. The van der Waals surface area contributed by atoms with Gasteiger partial charge in [0, 0.05) is 31.2 Å². The van der Waals surface area contributed by atoms with E-state index in [2.05, 4.69) is 29.4 Å². The Morgan fingerprint density at radius 3 is 2.52 bits per heavy atom. The predicted molar refractivity (Wildman–Crippen MR) is 199 cm³/mol. The lowest BCUT2D eigenvalue weighted by Gasteiger charge is -2.53. The quantitative estimate of drug-likeness (QED) is 0.0731. The second kappa shape index (κ2) is 18.4. The zero-order valence-corrected chi connectivity index (χ0v) is 31.7. The van der Waals surface area contributed by atoms with Gasteiger partial charge in [-0.25, -0.2) is 4.79 Å². The zero-order valence-electron chi connectivity index (χ0n) is 31.7. The van der Waals surface area contributed by atoms with E-state index in [0.717, 1.165) is 37.7 Å². The van der Waals surface area contributed by atoms with Gasteiger partial charge in [0.15, 0.2) is 36.1 Å². The number of ether oxygens (including phenoxy) is 3. The Bertz CT molecular complexity index is 1350. The number of hydrogen-bond acceptors (Lipinski definition) is 12. The van der Waals surface area contributed by atoms with Gasteiger partial charge in [-0.1, -0.05) is 38.3 Å². The van der Waals surface area contributed by atoms with Crippen molar-refractivity contribution >= 4 is 18.5 Å². The van der Waals surface area contributed by atoms with Gasteiger partial charge in [-0.05, 0) is 88.0 Å². The zero-order chi connectivity index (χ0) is 38.5. The van der Waals surface area contributed by atoms with Gasteiger partial charge in [0.1, 0.15) is 18.2 Å². The number of fused-ring (bicyclic) bond motifs is 1. The first kappa shape index (κ1) is 41.4. The Morgan fingerprint density at radius 1 is 1.07 bits per heavy atom. The van der Waals surface area contributed by atoms with Gasteiger partial charge < -0.3 is 50.2 Å². The Kier molecular flexibility index (Phi) is 14.1. The van der Waals surface area contributed by atoms with Crippen LogP contribution in [0.15, 0.2) is 28.8 Å². The molecule has 2 saturated heterocycles. The monoisotopic (exact) mass is 759 g/mol. The van der Waals surface area contributed by atoms with Gasteiger partial charge in [-0.2, -0.15) is 0 Å². The maximum Gasteiger partial charge on any atom is 0.335 e. The van der Waals surface area contributed by atoms with Crippen LogP contribution in [0.5, 0.6) is 0 Å². The average Bonchev–Trinajstić information content (AvgIpc) is 3.69. The molecule has 302 valence electrons. The summed E-state index contributed by atoms with van der Waals surface area (Å²) in [5.74, 6) is -0.616. The van der Waals surface area contributed by atoms with Gasteiger partial charge in [0.05, 0.1) is 37.1 Å². The second-order valence-corrected chi connectivity index (χ2v) is 17.2. The number of nitrogens with zero attached hydrogens (tertiary/aromatic N) is 1. The van der Waals surface area contributed by atoms with E-state index in [1.807, 2.05) is 12.3 Å². The Hall–Kier alpha value is -2.20. The van der Waals surface area contributed by atoms with Crippen LogP contribution in [0.1, 0.15) is 96.8 Å². The number of hydrogen-bond donors (Lipinski definition) is 7. The largest absolute Gasteiger partial charge is 0.479 e. The summed E-state index contributed by atoms with van der Waals surface area (Å²) in [5.41, 5.74) is -4.46. The maximum absolute atomic E-state index is 12.6.